The molecule has 6 heteroatoms. The van der Waals surface area contributed by atoms with Crippen LogP contribution in [0.25, 0.3) is 0 Å². The summed E-state index contributed by atoms with van der Waals surface area (Å²) in [6.45, 7) is 3.39. The fourth-order valence-corrected chi connectivity index (χ4v) is 1.76. The molecule has 1 heterocycles. The largest absolute Gasteiger partial charge is 0.478 e. The predicted molar refractivity (Wildman–Crippen MR) is 42.7 cm³/mol. The first-order valence-corrected chi connectivity index (χ1v) is 4.74. The molecule has 2 N–H and O–H groups in total. The van der Waals surface area contributed by atoms with Crippen molar-refractivity contribution in [1.29, 1.82) is 0 Å². The molecule has 1 aliphatic rings. The summed E-state index contributed by atoms with van der Waals surface area (Å²) < 4.78 is 11.1. The van der Waals surface area contributed by atoms with Gasteiger partial charge in [-0.05, 0) is 0 Å². The molecule has 0 spiro atoms. The van der Waals surface area contributed by atoms with E-state index in [1.807, 2.05) is 0 Å². The maximum absolute atomic E-state index is 11.1. The zero-order valence-electron chi connectivity index (χ0n) is 6.28. The summed E-state index contributed by atoms with van der Waals surface area (Å²) in [6, 6.07) is 0. The lowest BCUT2D eigenvalue weighted by molar-refractivity contribution is -0.142. The van der Waals surface area contributed by atoms with Gasteiger partial charge in [0.15, 0.2) is 0 Å². The van der Waals surface area contributed by atoms with E-state index in [-0.39, 0.29) is 11.5 Å². The van der Waals surface area contributed by atoms with Crippen LogP contribution in [-0.4, -0.2) is 32.5 Å². The van der Waals surface area contributed by atoms with Crippen molar-refractivity contribution in [2.45, 2.75) is 5.72 Å². The lowest BCUT2D eigenvalue weighted by Gasteiger charge is -2.01. The van der Waals surface area contributed by atoms with E-state index in [0.29, 0.717) is 0 Å². The molecule has 1 aliphatic heterocycles. The normalized spacial score (nSPS) is 29.3. The van der Waals surface area contributed by atoms with Crippen molar-refractivity contribution in [3.8, 4) is 0 Å². The highest BCUT2D eigenvalue weighted by Gasteiger charge is 2.54. The summed E-state index contributed by atoms with van der Waals surface area (Å²) in [4.78, 5) is 15.0. The highest BCUT2D eigenvalue weighted by Crippen LogP contribution is 2.20. The van der Waals surface area contributed by atoms with Gasteiger partial charge in [0.2, 0.25) is 0 Å². The van der Waals surface area contributed by atoms with Crippen LogP contribution in [-0.2, 0) is 20.4 Å². The lowest BCUT2D eigenvalue weighted by atomic mass is 10.3. The molecule has 0 aliphatic carbocycles. The molecular weight excluding hydrogens is 182 g/mol. The summed E-state index contributed by atoms with van der Waals surface area (Å²) in [6.07, 6.45) is 1.48. The quantitative estimate of drug-likeness (QED) is 0.440. The first kappa shape index (κ1) is 9.37. The third-order valence-electron chi connectivity index (χ3n) is 1.36. The third kappa shape index (κ3) is 1.90. The van der Waals surface area contributed by atoms with Crippen LogP contribution >= 0.6 is 0 Å². The second kappa shape index (κ2) is 3.34. The Bertz CT molecular complexity index is 236. The number of rotatable bonds is 5. The minimum Gasteiger partial charge on any atom is -0.478 e. The number of aliphatic carboxylic acids is 1. The highest BCUT2D eigenvalue weighted by molar-refractivity contribution is 7.85. The first-order chi connectivity index (χ1) is 5.60. The molecule has 68 valence electrons. The van der Waals surface area contributed by atoms with Crippen LogP contribution in [0.15, 0.2) is 12.7 Å². The van der Waals surface area contributed by atoms with Crippen LogP contribution < -0.4 is 5.48 Å². The van der Waals surface area contributed by atoms with Gasteiger partial charge >= 0.3 is 5.97 Å². The summed E-state index contributed by atoms with van der Waals surface area (Å²) in [5.41, 5.74) is 0.801. The Hall–Kier alpha value is -0.720. The van der Waals surface area contributed by atoms with Gasteiger partial charge in [-0.1, -0.05) is 6.08 Å². The molecule has 0 aromatic rings. The van der Waals surface area contributed by atoms with Gasteiger partial charge < -0.3 is 5.11 Å². The number of carboxylic acids is 1. The van der Waals surface area contributed by atoms with Gasteiger partial charge in [-0.15, -0.1) is 6.58 Å². The Morgan fingerprint density at radius 1 is 1.83 bits per heavy atom. The van der Waals surface area contributed by atoms with E-state index in [1.54, 1.807) is 0 Å². The molecule has 0 aromatic carbocycles. The van der Waals surface area contributed by atoms with Crippen LogP contribution in [0.2, 0.25) is 0 Å². The molecule has 0 radical (unpaired) electrons. The minimum atomic E-state index is -1.41. The maximum atomic E-state index is 11.1. The summed E-state index contributed by atoms with van der Waals surface area (Å²) >= 11 is 0. The van der Waals surface area contributed by atoms with Crippen LogP contribution in [0, 0.1) is 0 Å². The fourth-order valence-electron chi connectivity index (χ4n) is 0.687. The number of nitrogens with one attached hydrogen (secondary N) is 1. The van der Waals surface area contributed by atoms with Gasteiger partial charge in [0.25, 0.3) is 5.72 Å². The zero-order chi connectivity index (χ0) is 9.19. The van der Waals surface area contributed by atoms with Crippen molar-refractivity contribution >= 4 is 16.8 Å². The molecule has 1 fully saturated rings. The predicted octanol–water partition coefficient (Wildman–Crippen LogP) is -0.763. The Morgan fingerprint density at radius 2 is 2.42 bits per heavy atom. The van der Waals surface area contributed by atoms with Crippen molar-refractivity contribution in [2.75, 3.05) is 11.5 Å². The van der Waals surface area contributed by atoms with Crippen LogP contribution in [0.5, 0.6) is 0 Å². The van der Waals surface area contributed by atoms with E-state index < -0.39 is 22.5 Å². The van der Waals surface area contributed by atoms with Crippen molar-refractivity contribution in [3.63, 3.8) is 0 Å². The Kier molecular flexibility index (Phi) is 2.61. The maximum Gasteiger partial charge on any atom is 0.356 e. The molecule has 12 heavy (non-hydrogen) atoms. The second-order valence-electron chi connectivity index (χ2n) is 2.38. The number of hydrogen-bond acceptors (Lipinski definition) is 4. The summed E-state index contributed by atoms with van der Waals surface area (Å²) in [5.74, 6) is -0.908. The number of carbonyl (C=O) groups is 1. The molecule has 1 unspecified atom stereocenters. The van der Waals surface area contributed by atoms with Crippen molar-refractivity contribution in [1.82, 2.24) is 5.48 Å². The molecule has 0 aromatic heterocycles. The average molecular weight is 191 g/mol. The molecule has 0 saturated carbocycles. The fraction of sp³-hybridized carbons (Fsp3) is 0.500. The Labute approximate surface area is 71.8 Å². The SMILES string of the molecule is C=CCS(=O)C[C@@]1(C(=O)O)NO1. The van der Waals surface area contributed by atoms with Gasteiger partial charge in [-0.2, -0.15) is 5.48 Å². The van der Waals surface area contributed by atoms with Crippen LogP contribution in [0.3, 0.4) is 0 Å². The molecular formula is C6H9NO4S. The third-order valence-corrected chi connectivity index (χ3v) is 2.70. The van der Waals surface area contributed by atoms with Gasteiger partial charge in [0.1, 0.15) is 0 Å². The smallest absolute Gasteiger partial charge is 0.356 e. The summed E-state index contributed by atoms with van der Waals surface area (Å²) in [7, 11) is -1.23. The van der Waals surface area contributed by atoms with E-state index in [0.717, 1.165) is 0 Å². The van der Waals surface area contributed by atoms with Crippen molar-refractivity contribution in [2.24, 2.45) is 0 Å². The van der Waals surface area contributed by atoms with E-state index in [4.69, 9.17) is 5.11 Å². The topological polar surface area (TPSA) is 88.8 Å². The van der Waals surface area contributed by atoms with E-state index in [1.165, 1.54) is 6.08 Å². The van der Waals surface area contributed by atoms with E-state index in [2.05, 4.69) is 16.9 Å². The molecule has 2 atom stereocenters. The van der Waals surface area contributed by atoms with Gasteiger partial charge in [-0.25, -0.2) is 4.79 Å². The molecule has 1 rings (SSSR count). The zero-order valence-corrected chi connectivity index (χ0v) is 7.10. The first-order valence-electron chi connectivity index (χ1n) is 3.25. The highest BCUT2D eigenvalue weighted by atomic mass is 32.2. The summed E-state index contributed by atoms with van der Waals surface area (Å²) in [5, 5.41) is 8.57. The molecule has 5 nitrogen and oxygen atoms in total. The monoisotopic (exact) mass is 191 g/mol. The molecule has 0 bridgehead atoms. The lowest BCUT2D eigenvalue weighted by Crippen LogP contribution is -2.34. The number of carboxylic acid groups (broad SMARTS) is 1. The molecule has 1 saturated heterocycles. The number of hydrogen-bond donors (Lipinski definition) is 2. The van der Waals surface area contributed by atoms with Gasteiger partial charge in [0, 0.05) is 16.6 Å². The van der Waals surface area contributed by atoms with Crippen LogP contribution in [0.1, 0.15) is 0 Å². The van der Waals surface area contributed by atoms with Crippen LogP contribution in [0.4, 0.5) is 0 Å². The van der Waals surface area contributed by atoms with Crippen molar-refractivity contribution in [3.05, 3.63) is 12.7 Å². The van der Waals surface area contributed by atoms with Crippen molar-refractivity contribution < 1.29 is 18.9 Å². The standard InChI is InChI=1S/C6H9NO4S/c1-2-3-12(10)4-6(5(8)9)7-11-6/h2,7H,1,3-4H2,(H,8,9)/t6-,12?/m1/s1. The second-order valence-corrected chi connectivity index (χ2v) is 3.88. The average Bonchev–Trinajstić information content (AvgIpc) is 2.69. The Morgan fingerprint density at radius 3 is 2.75 bits per heavy atom. The van der Waals surface area contributed by atoms with E-state index >= 15 is 0 Å². The van der Waals surface area contributed by atoms with Gasteiger partial charge in [0.05, 0.1) is 5.75 Å². The van der Waals surface area contributed by atoms with Gasteiger partial charge in [-0.3, -0.25) is 9.05 Å². The molecule has 0 amide bonds. The minimum absolute atomic E-state index is 0.0473. The van der Waals surface area contributed by atoms with E-state index in [9.17, 15) is 9.00 Å². The Balaban J connectivity index is 2.45. The number of hydroxylamine groups is 1.